The SMILES string of the molecule is COCC(C(C)C)n1c(N)nc2cc(F)c(C)cc21. The molecule has 1 heterocycles. The number of anilines is 1. The highest BCUT2D eigenvalue weighted by Crippen LogP contribution is 2.29. The van der Waals surface area contributed by atoms with Crippen LogP contribution >= 0.6 is 0 Å². The summed E-state index contributed by atoms with van der Waals surface area (Å²) in [5.41, 5.74) is 8.03. The molecule has 0 radical (unpaired) electrons. The molecule has 1 aromatic carbocycles. The normalized spacial score (nSPS) is 13.4. The number of benzene rings is 1. The molecule has 5 heteroatoms. The van der Waals surface area contributed by atoms with E-state index in [4.69, 9.17) is 10.5 Å². The van der Waals surface area contributed by atoms with Crippen molar-refractivity contribution in [1.29, 1.82) is 0 Å². The monoisotopic (exact) mass is 265 g/mol. The summed E-state index contributed by atoms with van der Waals surface area (Å²) in [5, 5.41) is 0. The lowest BCUT2D eigenvalue weighted by atomic mass is 10.0. The van der Waals surface area contributed by atoms with Crippen molar-refractivity contribution >= 4 is 17.0 Å². The van der Waals surface area contributed by atoms with Gasteiger partial charge in [0.2, 0.25) is 5.95 Å². The Hall–Kier alpha value is -1.62. The second-order valence-electron chi connectivity index (χ2n) is 5.20. The van der Waals surface area contributed by atoms with Gasteiger partial charge in [-0.15, -0.1) is 0 Å². The van der Waals surface area contributed by atoms with Crippen LogP contribution in [0.25, 0.3) is 11.0 Å². The van der Waals surface area contributed by atoms with Crippen LogP contribution in [0.3, 0.4) is 0 Å². The molecule has 0 spiro atoms. The summed E-state index contributed by atoms with van der Waals surface area (Å²) in [5.74, 6) is 0.478. The summed E-state index contributed by atoms with van der Waals surface area (Å²) in [6.45, 7) is 6.49. The highest BCUT2D eigenvalue weighted by Gasteiger charge is 2.21. The summed E-state index contributed by atoms with van der Waals surface area (Å²) in [6.07, 6.45) is 0. The standard InChI is InChI=1S/C14H20FN3O/c1-8(2)13(7-19-4)18-12-5-9(3)10(15)6-11(12)17-14(18)16/h5-6,8,13H,7H2,1-4H3,(H2,16,17). The summed E-state index contributed by atoms with van der Waals surface area (Å²) in [7, 11) is 1.66. The molecule has 0 aliphatic carbocycles. The maximum atomic E-state index is 13.6. The number of halogens is 1. The number of methoxy groups -OCH3 is 1. The Morgan fingerprint density at radius 2 is 2.11 bits per heavy atom. The Labute approximate surface area is 112 Å². The van der Waals surface area contributed by atoms with Gasteiger partial charge in [-0.05, 0) is 24.5 Å². The fourth-order valence-corrected chi connectivity index (χ4v) is 2.32. The van der Waals surface area contributed by atoms with Crippen LogP contribution in [-0.2, 0) is 4.74 Å². The Bertz CT molecular complexity index is 592. The van der Waals surface area contributed by atoms with Crippen molar-refractivity contribution in [2.75, 3.05) is 19.5 Å². The van der Waals surface area contributed by atoms with Crippen molar-refractivity contribution in [2.45, 2.75) is 26.8 Å². The van der Waals surface area contributed by atoms with E-state index in [1.165, 1.54) is 6.07 Å². The fourth-order valence-electron chi connectivity index (χ4n) is 2.32. The van der Waals surface area contributed by atoms with Crippen molar-refractivity contribution in [2.24, 2.45) is 5.92 Å². The summed E-state index contributed by atoms with van der Waals surface area (Å²) in [4.78, 5) is 4.25. The van der Waals surface area contributed by atoms with Crippen molar-refractivity contribution in [3.8, 4) is 0 Å². The highest BCUT2D eigenvalue weighted by molar-refractivity contribution is 5.79. The van der Waals surface area contributed by atoms with Crippen LogP contribution in [0.5, 0.6) is 0 Å². The highest BCUT2D eigenvalue weighted by atomic mass is 19.1. The topological polar surface area (TPSA) is 53.1 Å². The van der Waals surface area contributed by atoms with E-state index in [1.54, 1.807) is 20.1 Å². The summed E-state index contributed by atoms with van der Waals surface area (Å²) < 4.78 is 20.8. The molecule has 0 aliphatic rings. The van der Waals surface area contributed by atoms with Crippen molar-refractivity contribution in [3.63, 3.8) is 0 Å². The number of fused-ring (bicyclic) bond motifs is 1. The molecule has 2 rings (SSSR count). The Morgan fingerprint density at radius 1 is 1.42 bits per heavy atom. The minimum absolute atomic E-state index is 0.0832. The van der Waals surface area contributed by atoms with Gasteiger partial charge in [0.05, 0.1) is 23.7 Å². The van der Waals surface area contributed by atoms with Crippen LogP contribution in [0.2, 0.25) is 0 Å². The van der Waals surface area contributed by atoms with Gasteiger partial charge in [-0.2, -0.15) is 0 Å². The van der Waals surface area contributed by atoms with Crippen LogP contribution in [0.15, 0.2) is 12.1 Å². The minimum atomic E-state index is -0.259. The second kappa shape index (κ2) is 5.17. The zero-order valence-corrected chi connectivity index (χ0v) is 11.8. The first-order valence-corrected chi connectivity index (χ1v) is 6.38. The first-order chi connectivity index (χ1) is 8.95. The number of aromatic nitrogens is 2. The quantitative estimate of drug-likeness (QED) is 0.924. The number of hydrogen-bond donors (Lipinski definition) is 1. The molecule has 1 aromatic heterocycles. The van der Waals surface area contributed by atoms with Gasteiger partial charge in [0.15, 0.2) is 0 Å². The Morgan fingerprint density at radius 3 is 2.68 bits per heavy atom. The van der Waals surface area contributed by atoms with E-state index in [1.807, 2.05) is 4.57 Å². The summed E-state index contributed by atoms with van der Waals surface area (Å²) in [6, 6.07) is 3.31. The van der Waals surface area contributed by atoms with Crippen LogP contribution in [0.4, 0.5) is 10.3 Å². The van der Waals surface area contributed by atoms with Gasteiger partial charge < -0.3 is 15.0 Å². The number of aryl methyl sites for hydroxylation is 1. The zero-order chi connectivity index (χ0) is 14.2. The van der Waals surface area contributed by atoms with Crippen molar-refractivity contribution in [1.82, 2.24) is 9.55 Å². The number of imidazole rings is 1. The van der Waals surface area contributed by atoms with E-state index in [-0.39, 0.29) is 11.9 Å². The largest absolute Gasteiger partial charge is 0.383 e. The molecule has 0 amide bonds. The van der Waals surface area contributed by atoms with E-state index in [9.17, 15) is 4.39 Å². The summed E-state index contributed by atoms with van der Waals surface area (Å²) >= 11 is 0. The molecule has 0 saturated heterocycles. The van der Waals surface area contributed by atoms with E-state index in [0.29, 0.717) is 29.6 Å². The number of nitrogen functional groups attached to an aromatic ring is 1. The number of hydrogen-bond acceptors (Lipinski definition) is 3. The van der Waals surface area contributed by atoms with Gasteiger partial charge in [-0.25, -0.2) is 9.37 Å². The third-order valence-corrected chi connectivity index (χ3v) is 3.44. The molecule has 0 aliphatic heterocycles. The fraction of sp³-hybridized carbons (Fsp3) is 0.500. The van der Waals surface area contributed by atoms with Gasteiger partial charge >= 0.3 is 0 Å². The minimum Gasteiger partial charge on any atom is -0.383 e. The molecule has 0 fully saturated rings. The van der Waals surface area contributed by atoms with Crippen LogP contribution in [-0.4, -0.2) is 23.3 Å². The maximum Gasteiger partial charge on any atom is 0.201 e. The number of nitrogens with zero attached hydrogens (tertiary/aromatic N) is 2. The smallest absolute Gasteiger partial charge is 0.201 e. The third-order valence-electron chi connectivity index (χ3n) is 3.44. The molecule has 1 unspecified atom stereocenters. The third kappa shape index (κ3) is 2.42. The zero-order valence-electron chi connectivity index (χ0n) is 11.8. The van der Waals surface area contributed by atoms with Crippen molar-refractivity contribution in [3.05, 3.63) is 23.5 Å². The van der Waals surface area contributed by atoms with E-state index < -0.39 is 0 Å². The van der Waals surface area contributed by atoms with Gasteiger partial charge in [-0.3, -0.25) is 0 Å². The van der Waals surface area contributed by atoms with E-state index in [2.05, 4.69) is 18.8 Å². The van der Waals surface area contributed by atoms with Gasteiger partial charge in [0, 0.05) is 13.2 Å². The van der Waals surface area contributed by atoms with Gasteiger partial charge in [-0.1, -0.05) is 13.8 Å². The van der Waals surface area contributed by atoms with Crippen LogP contribution in [0.1, 0.15) is 25.5 Å². The van der Waals surface area contributed by atoms with E-state index in [0.717, 1.165) is 5.52 Å². The molecular formula is C14H20FN3O. The Balaban J connectivity index is 2.64. The number of rotatable bonds is 4. The number of ether oxygens (including phenoxy) is 1. The van der Waals surface area contributed by atoms with Crippen molar-refractivity contribution < 1.29 is 9.13 Å². The molecule has 4 nitrogen and oxygen atoms in total. The average molecular weight is 265 g/mol. The lowest BCUT2D eigenvalue weighted by Gasteiger charge is -2.23. The second-order valence-corrected chi connectivity index (χ2v) is 5.20. The van der Waals surface area contributed by atoms with Crippen LogP contribution < -0.4 is 5.73 Å². The molecule has 104 valence electrons. The average Bonchev–Trinajstić information content (AvgIpc) is 2.62. The van der Waals surface area contributed by atoms with Gasteiger partial charge in [0.25, 0.3) is 0 Å². The van der Waals surface area contributed by atoms with Crippen LogP contribution in [0, 0.1) is 18.7 Å². The molecule has 19 heavy (non-hydrogen) atoms. The molecule has 0 saturated carbocycles. The molecule has 2 aromatic rings. The van der Waals surface area contributed by atoms with E-state index >= 15 is 0 Å². The Kier molecular flexibility index (Phi) is 3.75. The first-order valence-electron chi connectivity index (χ1n) is 6.38. The molecular weight excluding hydrogens is 245 g/mol. The lowest BCUT2D eigenvalue weighted by Crippen LogP contribution is -2.21. The predicted molar refractivity (Wildman–Crippen MR) is 74.6 cm³/mol. The molecule has 0 bridgehead atoms. The maximum absolute atomic E-state index is 13.6. The number of nitrogens with two attached hydrogens (primary N) is 1. The predicted octanol–water partition coefficient (Wildman–Crippen LogP) is 2.91. The molecule has 1 atom stereocenters. The lowest BCUT2D eigenvalue weighted by molar-refractivity contribution is 0.136. The first kappa shape index (κ1) is 13.8. The van der Waals surface area contributed by atoms with Gasteiger partial charge in [0.1, 0.15) is 5.82 Å². The molecule has 2 N–H and O–H groups in total.